The second-order valence-electron chi connectivity index (χ2n) is 9.91. The first-order valence-electron chi connectivity index (χ1n) is 10.1. The smallest absolute Gasteiger partial charge is 0.130 e. The molecule has 3 nitrogen and oxygen atoms in total. The lowest BCUT2D eigenvalue weighted by atomic mass is 9.44. The van der Waals surface area contributed by atoms with Crippen LogP contribution in [-0.4, -0.2) is 20.9 Å². The predicted molar refractivity (Wildman–Crippen MR) is 97.7 cm³/mol. The molecule has 0 radical (unpaired) electrons. The van der Waals surface area contributed by atoms with Gasteiger partial charge in [-0.05, 0) is 86.0 Å². The number of H-pyrrole nitrogens is 1. The lowest BCUT2D eigenvalue weighted by Crippen LogP contribution is -2.56. The van der Waals surface area contributed by atoms with Gasteiger partial charge in [-0.2, -0.15) is 5.10 Å². The van der Waals surface area contributed by atoms with Crippen LogP contribution in [0.4, 0.5) is 0 Å². The molecule has 2 N–H and O–H groups in total. The maximum absolute atomic E-state index is 11.1. The van der Waals surface area contributed by atoms with Crippen molar-refractivity contribution in [2.45, 2.75) is 70.8 Å². The molecule has 3 heteroatoms. The number of fused-ring (bicyclic) bond motifs is 6. The number of aromatic amines is 1. The van der Waals surface area contributed by atoms with Crippen LogP contribution >= 0.6 is 0 Å². The Balaban J connectivity index is 1.50. The van der Waals surface area contributed by atoms with Crippen molar-refractivity contribution in [3.8, 4) is 12.3 Å². The van der Waals surface area contributed by atoms with Crippen LogP contribution in [0, 0.1) is 46.8 Å². The standard InChI is InChI=1S/C22H30N2O/c1-4-22(25)10-8-18-16-6-5-15-11-19-14(13-23-24-19)12-20(15,2)17(16)7-9-21(18,22)3/h1,13,15-18,25H,5-12H2,2-3H3,(H,23,24)/t15-,16+,17-,18-,20-,21-,22-/m0/s1. The van der Waals surface area contributed by atoms with Crippen LogP contribution in [0.5, 0.6) is 0 Å². The Bertz CT molecular complexity index is 747. The van der Waals surface area contributed by atoms with Crippen molar-refractivity contribution in [3.05, 3.63) is 17.5 Å². The average molecular weight is 338 g/mol. The summed E-state index contributed by atoms with van der Waals surface area (Å²) in [5, 5.41) is 18.6. The van der Waals surface area contributed by atoms with Gasteiger partial charge in [-0.25, -0.2) is 0 Å². The monoisotopic (exact) mass is 338 g/mol. The lowest BCUT2D eigenvalue weighted by Gasteiger charge is -2.60. The zero-order chi connectivity index (χ0) is 17.4. The van der Waals surface area contributed by atoms with E-state index in [1.807, 2.05) is 0 Å². The first-order valence-corrected chi connectivity index (χ1v) is 10.1. The molecule has 0 aliphatic heterocycles. The highest BCUT2D eigenvalue weighted by atomic mass is 16.3. The third-order valence-electron chi connectivity index (χ3n) is 9.28. The van der Waals surface area contributed by atoms with Gasteiger partial charge < -0.3 is 5.11 Å². The Morgan fingerprint density at radius 3 is 2.80 bits per heavy atom. The molecule has 1 aromatic rings. The molecule has 0 amide bonds. The van der Waals surface area contributed by atoms with Gasteiger partial charge >= 0.3 is 0 Å². The van der Waals surface area contributed by atoms with Gasteiger partial charge in [-0.1, -0.05) is 19.8 Å². The quantitative estimate of drug-likeness (QED) is 0.708. The third-order valence-corrected chi connectivity index (χ3v) is 9.28. The first-order chi connectivity index (χ1) is 11.9. The maximum atomic E-state index is 11.1. The van der Waals surface area contributed by atoms with Crippen LogP contribution in [0.15, 0.2) is 6.20 Å². The molecule has 4 aliphatic carbocycles. The number of aromatic nitrogens is 2. The van der Waals surface area contributed by atoms with E-state index in [4.69, 9.17) is 6.42 Å². The number of hydrogen-bond donors (Lipinski definition) is 2. The van der Waals surface area contributed by atoms with Crippen LogP contribution in [-0.2, 0) is 12.8 Å². The highest BCUT2D eigenvalue weighted by Gasteiger charge is 2.64. The Morgan fingerprint density at radius 1 is 1.20 bits per heavy atom. The second kappa shape index (κ2) is 4.92. The van der Waals surface area contributed by atoms with E-state index in [9.17, 15) is 5.11 Å². The topological polar surface area (TPSA) is 48.9 Å². The molecule has 1 heterocycles. The molecule has 0 bridgehead atoms. The fraction of sp³-hybridized carbons (Fsp3) is 0.773. The van der Waals surface area contributed by atoms with Crippen LogP contribution in [0.25, 0.3) is 0 Å². The van der Waals surface area contributed by atoms with E-state index in [0.717, 1.165) is 37.0 Å². The highest BCUT2D eigenvalue weighted by Crippen LogP contribution is 2.67. The molecule has 0 aromatic carbocycles. The molecule has 7 atom stereocenters. The Kier molecular flexibility index (Phi) is 3.13. The normalized spacial score (nSPS) is 51.0. The molecule has 134 valence electrons. The Labute approximate surface area is 151 Å². The minimum absolute atomic E-state index is 0.0818. The van der Waals surface area contributed by atoms with Gasteiger partial charge in [0, 0.05) is 11.1 Å². The van der Waals surface area contributed by atoms with Crippen LogP contribution in [0.1, 0.15) is 63.6 Å². The highest BCUT2D eigenvalue weighted by molar-refractivity contribution is 5.27. The second-order valence-corrected chi connectivity index (χ2v) is 9.91. The van der Waals surface area contributed by atoms with Gasteiger partial charge in [0.25, 0.3) is 0 Å². The van der Waals surface area contributed by atoms with Crippen LogP contribution in [0.3, 0.4) is 0 Å². The fourth-order valence-electron chi connectivity index (χ4n) is 7.72. The minimum atomic E-state index is -0.884. The molecule has 0 saturated heterocycles. The summed E-state index contributed by atoms with van der Waals surface area (Å²) in [4.78, 5) is 0. The van der Waals surface area contributed by atoms with Crippen molar-refractivity contribution in [2.75, 3.05) is 0 Å². The maximum Gasteiger partial charge on any atom is 0.130 e. The summed E-state index contributed by atoms with van der Waals surface area (Å²) in [6.07, 6.45) is 17.0. The molecule has 5 rings (SSSR count). The average Bonchev–Trinajstić information content (AvgIpc) is 3.14. The zero-order valence-corrected chi connectivity index (χ0v) is 15.5. The number of terminal acetylenes is 1. The minimum Gasteiger partial charge on any atom is -0.377 e. The Morgan fingerprint density at radius 2 is 2.00 bits per heavy atom. The largest absolute Gasteiger partial charge is 0.377 e. The van der Waals surface area contributed by atoms with E-state index in [1.165, 1.54) is 43.4 Å². The van der Waals surface area contributed by atoms with Gasteiger partial charge in [-0.3, -0.25) is 5.10 Å². The van der Waals surface area contributed by atoms with Crippen molar-refractivity contribution in [3.63, 3.8) is 0 Å². The third kappa shape index (κ3) is 1.85. The van der Waals surface area contributed by atoms with Crippen LogP contribution < -0.4 is 0 Å². The first kappa shape index (κ1) is 15.9. The molecule has 3 saturated carbocycles. The SMILES string of the molecule is C#C[C@]1(O)CC[C@H]2[C@@H]3CC[C@H]4Cc5[nH]ncc5C[C@]4(C)[C@H]3CC[C@@]21C. The summed E-state index contributed by atoms with van der Waals surface area (Å²) in [6, 6.07) is 0. The van der Waals surface area contributed by atoms with E-state index < -0.39 is 5.60 Å². The molecule has 0 unspecified atom stereocenters. The lowest BCUT2D eigenvalue weighted by molar-refractivity contribution is -0.127. The van der Waals surface area contributed by atoms with Gasteiger partial charge in [0.1, 0.15) is 5.60 Å². The summed E-state index contributed by atoms with van der Waals surface area (Å²) in [5.41, 5.74) is 2.24. The van der Waals surface area contributed by atoms with E-state index in [-0.39, 0.29) is 5.41 Å². The molecular formula is C22H30N2O. The van der Waals surface area contributed by atoms with E-state index in [2.05, 4.69) is 36.2 Å². The molecule has 1 aromatic heterocycles. The summed E-state index contributed by atoms with van der Waals surface area (Å²) >= 11 is 0. The summed E-state index contributed by atoms with van der Waals surface area (Å²) in [6.45, 7) is 4.83. The predicted octanol–water partition coefficient (Wildman–Crippen LogP) is 3.73. The van der Waals surface area contributed by atoms with E-state index >= 15 is 0 Å². The van der Waals surface area contributed by atoms with Gasteiger partial charge in [-0.15, -0.1) is 6.42 Å². The van der Waals surface area contributed by atoms with Crippen molar-refractivity contribution < 1.29 is 5.11 Å². The van der Waals surface area contributed by atoms with Crippen molar-refractivity contribution in [1.82, 2.24) is 10.2 Å². The number of nitrogens with one attached hydrogen (secondary N) is 1. The van der Waals surface area contributed by atoms with E-state index in [1.54, 1.807) is 0 Å². The zero-order valence-electron chi connectivity index (χ0n) is 15.5. The van der Waals surface area contributed by atoms with Gasteiger partial charge in [0.05, 0.1) is 6.20 Å². The molecule has 4 aliphatic rings. The summed E-state index contributed by atoms with van der Waals surface area (Å²) in [7, 11) is 0. The number of hydrogen-bond acceptors (Lipinski definition) is 2. The van der Waals surface area contributed by atoms with Gasteiger partial charge in [0.2, 0.25) is 0 Å². The molecular weight excluding hydrogens is 308 g/mol. The van der Waals surface area contributed by atoms with E-state index in [0.29, 0.717) is 11.3 Å². The molecule has 3 fully saturated rings. The van der Waals surface area contributed by atoms with Crippen LogP contribution in [0.2, 0.25) is 0 Å². The summed E-state index contributed by atoms with van der Waals surface area (Å²) in [5.74, 6) is 5.67. The molecule has 25 heavy (non-hydrogen) atoms. The number of nitrogens with zero attached hydrogens (tertiary/aromatic N) is 1. The molecule has 0 spiro atoms. The van der Waals surface area contributed by atoms with Crippen molar-refractivity contribution >= 4 is 0 Å². The summed E-state index contributed by atoms with van der Waals surface area (Å²) < 4.78 is 0. The van der Waals surface area contributed by atoms with Gasteiger partial charge in [0.15, 0.2) is 0 Å². The number of rotatable bonds is 0. The van der Waals surface area contributed by atoms with Crippen molar-refractivity contribution in [1.29, 1.82) is 0 Å². The number of aliphatic hydroxyl groups is 1. The fourth-order valence-corrected chi connectivity index (χ4v) is 7.72. The van der Waals surface area contributed by atoms with Crippen molar-refractivity contribution in [2.24, 2.45) is 34.5 Å². The Hall–Kier alpha value is -1.27.